The van der Waals surface area contributed by atoms with Gasteiger partial charge in [-0.3, -0.25) is 9.78 Å². The third kappa shape index (κ3) is 3.67. The Morgan fingerprint density at radius 3 is 2.63 bits per heavy atom. The lowest BCUT2D eigenvalue weighted by molar-refractivity contribution is 0.0299. The minimum Gasteiger partial charge on any atom is -0.378 e. The van der Waals surface area contributed by atoms with Crippen molar-refractivity contribution in [2.75, 3.05) is 44.3 Å². The van der Waals surface area contributed by atoms with Gasteiger partial charge in [-0.15, -0.1) is 0 Å². The van der Waals surface area contributed by atoms with E-state index in [1.807, 2.05) is 0 Å². The predicted octanol–water partition coefficient (Wildman–Crippen LogP) is 2.58. The van der Waals surface area contributed by atoms with E-state index in [1.165, 1.54) is 5.56 Å². The molecule has 6 heteroatoms. The Balaban J connectivity index is 1.55. The fourth-order valence-electron chi connectivity index (χ4n) is 4.09. The largest absolute Gasteiger partial charge is 0.378 e. The number of carbonyl (C=O) groups is 1. The van der Waals surface area contributed by atoms with E-state index < -0.39 is 0 Å². The van der Waals surface area contributed by atoms with Crippen molar-refractivity contribution in [2.24, 2.45) is 5.41 Å². The minimum absolute atomic E-state index is 0.0642. The molecule has 0 N–H and O–H groups in total. The summed E-state index contributed by atoms with van der Waals surface area (Å²) in [5.41, 5.74) is 1.88. The van der Waals surface area contributed by atoms with Crippen LogP contribution in [0.2, 0.25) is 0 Å². The van der Waals surface area contributed by atoms with E-state index >= 15 is 0 Å². The van der Waals surface area contributed by atoms with E-state index in [2.05, 4.69) is 59.0 Å². The Kier molecular flexibility index (Phi) is 4.83. The first-order chi connectivity index (χ1) is 13.0. The van der Waals surface area contributed by atoms with Gasteiger partial charge in [-0.25, -0.2) is 4.98 Å². The molecule has 27 heavy (non-hydrogen) atoms. The summed E-state index contributed by atoms with van der Waals surface area (Å²) in [5.74, 6) is 1.13. The predicted molar refractivity (Wildman–Crippen MR) is 104 cm³/mol. The Labute approximate surface area is 160 Å². The summed E-state index contributed by atoms with van der Waals surface area (Å²) < 4.78 is 5.33. The van der Waals surface area contributed by atoms with Crippen molar-refractivity contribution < 1.29 is 9.53 Å². The lowest BCUT2D eigenvalue weighted by Gasteiger charge is -2.27. The number of ether oxygens (including phenoxy) is 1. The van der Waals surface area contributed by atoms with Crippen LogP contribution in [-0.2, 0) is 4.74 Å². The Bertz CT molecular complexity index is 803. The number of rotatable bonds is 3. The Hall–Kier alpha value is -2.47. The zero-order chi connectivity index (χ0) is 18.9. The van der Waals surface area contributed by atoms with Crippen LogP contribution in [0.3, 0.4) is 0 Å². The van der Waals surface area contributed by atoms with Crippen molar-refractivity contribution in [3.63, 3.8) is 0 Å². The lowest BCUT2D eigenvalue weighted by Crippen LogP contribution is -2.41. The average molecular weight is 366 g/mol. The molecule has 1 aromatic heterocycles. The highest BCUT2D eigenvalue weighted by molar-refractivity contribution is 5.92. The van der Waals surface area contributed by atoms with Crippen molar-refractivity contribution >= 4 is 11.7 Å². The number of anilines is 1. The fraction of sp³-hybridized carbons (Fsp3) is 0.476. The highest BCUT2D eigenvalue weighted by Crippen LogP contribution is 2.43. The van der Waals surface area contributed by atoms with Gasteiger partial charge in [0.15, 0.2) is 0 Å². The van der Waals surface area contributed by atoms with Gasteiger partial charge in [-0.2, -0.15) is 0 Å². The maximum absolute atomic E-state index is 12.7. The summed E-state index contributed by atoms with van der Waals surface area (Å²) in [7, 11) is 0. The molecule has 3 heterocycles. The highest BCUT2D eigenvalue weighted by Gasteiger charge is 2.40. The van der Waals surface area contributed by atoms with Crippen molar-refractivity contribution in [1.82, 2.24) is 14.9 Å². The number of hydrogen-bond donors (Lipinski definition) is 0. The van der Waals surface area contributed by atoms with Gasteiger partial charge >= 0.3 is 0 Å². The molecule has 0 saturated carbocycles. The molecule has 142 valence electrons. The monoisotopic (exact) mass is 366 g/mol. The van der Waals surface area contributed by atoms with E-state index in [-0.39, 0.29) is 11.3 Å². The summed E-state index contributed by atoms with van der Waals surface area (Å²) in [5, 5.41) is 0. The van der Waals surface area contributed by atoms with E-state index in [4.69, 9.17) is 4.74 Å². The number of aromatic nitrogens is 2. The summed E-state index contributed by atoms with van der Waals surface area (Å²) in [6.45, 7) is 8.73. The number of hydrogen-bond acceptors (Lipinski definition) is 5. The number of benzene rings is 1. The molecule has 0 aliphatic carbocycles. The SMILES string of the molecule is CC1(C)CN(c2cncc(C(=O)N3CCOCC3)n2)C[C@H]1c1ccccc1. The highest BCUT2D eigenvalue weighted by atomic mass is 16.5. The number of morpholine rings is 1. The van der Waals surface area contributed by atoms with Crippen molar-refractivity contribution in [1.29, 1.82) is 0 Å². The van der Waals surface area contributed by atoms with Crippen LogP contribution in [0.15, 0.2) is 42.7 Å². The van der Waals surface area contributed by atoms with Gasteiger partial charge in [0.2, 0.25) is 0 Å². The molecule has 6 nitrogen and oxygen atoms in total. The molecule has 2 aliphatic rings. The molecule has 0 radical (unpaired) electrons. The second-order valence-electron chi connectivity index (χ2n) is 8.00. The minimum atomic E-state index is -0.0642. The molecular formula is C21H26N4O2. The van der Waals surface area contributed by atoms with Gasteiger partial charge in [0.05, 0.1) is 25.6 Å². The molecule has 2 fully saturated rings. The molecule has 1 atom stereocenters. The molecule has 0 bridgehead atoms. The van der Waals surface area contributed by atoms with Gasteiger partial charge in [-0.1, -0.05) is 44.2 Å². The summed E-state index contributed by atoms with van der Waals surface area (Å²) >= 11 is 0. The average Bonchev–Trinajstić information content (AvgIpc) is 3.04. The first-order valence-corrected chi connectivity index (χ1v) is 9.53. The van der Waals surface area contributed by atoms with Crippen molar-refractivity contribution in [3.8, 4) is 0 Å². The van der Waals surface area contributed by atoms with E-state index in [0.29, 0.717) is 37.9 Å². The van der Waals surface area contributed by atoms with Crippen LogP contribution in [0.25, 0.3) is 0 Å². The van der Waals surface area contributed by atoms with Gasteiger partial charge < -0.3 is 14.5 Å². The molecule has 1 amide bonds. The molecule has 2 aromatic rings. The van der Waals surface area contributed by atoms with Crippen LogP contribution in [0, 0.1) is 5.41 Å². The van der Waals surface area contributed by atoms with E-state index in [9.17, 15) is 4.79 Å². The van der Waals surface area contributed by atoms with Crippen LogP contribution in [-0.4, -0.2) is 60.2 Å². The zero-order valence-corrected chi connectivity index (χ0v) is 16.0. The van der Waals surface area contributed by atoms with Crippen LogP contribution in [0.1, 0.15) is 35.8 Å². The molecule has 4 rings (SSSR count). The van der Waals surface area contributed by atoms with Crippen LogP contribution >= 0.6 is 0 Å². The van der Waals surface area contributed by atoms with Gasteiger partial charge in [0.25, 0.3) is 5.91 Å². The smallest absolute Gasteiger partial charge is 0.274 e. The third-order valence-corrected chi connectivity index (χ3v) is 5.61. The second-order valence-corrected chi connectivity index (χ2v) is 8.00. The number of carbonyl (C=O) groups excluding carboxylic acids is 1. The molecule has 0 spiro atoms. The molecule has 1 aromatic carbocycles. The lowest BCUT2D eigenvalue weighted by atomic mass is 9.78. The summed E-state index contributed by atoms with van der Waals surface area (Å²) in [6, 6.07) is 10.6. The van der Waals surface area contributed by atoms with E-state index in [1.54, 1.807) is 17.3 Å². The van der Waals surface area contributed by atoms with Crippen molar-refractivity contribution in [3.05, 3.63) is 54.0 Å². The maximum Gasteiger partial charge on any atom is 0.274 e. The fourth-order valence-corrected chi connectivity index (χ4v) is 4.09. The summed E-state index contributed by atoms with van der Waals surface area (Å²) in [4.78, 5) is 25.7. The topological polar surface area (TPSA) is 58.6 Å². The quantitative estimate of drug-likeness (QED) is 0.836. The summed E-state index contributed by atoms with van der Waals surface area (Å²) in [6.07, 6.45) is 3.33. The first kappa shape index (κ1) is 17.9. The first-order valence-electron chi connectivity index (χ1n) is 9.53. The van der Waals surface area contributed by atoms with Crippen molar-refractivity contribution in [2.45, 2.75) is 19.8 Å². The maximum atomic E-state index is 12.7. The second kappa shape index (κ2) is 7.27. The van der Waals surface area contributed by atoms with Gasteiger partial charge in [0.1, 0.15) is 11.5 Å². The number of nitrogens with zero attached hydrogens (tertiary/aromatic N) is 4. The Morgan fingerprint density at radius 1 is 1.15 bits per heavy atom. The third-order valence-electron chi connectivity index (χ3n) is 5.61. The standard InChI is InChI=1S/C21H26N4O2/c1-21(2)15-25(14-17(21)16-6-4-3-5-7-16)19-13-22-12-18(23-19)20(26)24-8-10-27-11-9-24/h3-7,12-13,17H,8-11,14-15H2,1-2H3/t17-/m0/s1. The zero-order valence-electron chi connectivity index (χ0n) is 16.0. The molecule has 2 saturated heterocycles. The van der Waals surface area contributed by atoms with Crippen LogP contribution < -0.4 is 4.90 Å². The normalized spacial score (nSPS) is 22.1. The van der Waals surface area contributed by atoms with E-state index in [0.717, 1.165) is 18.9 Å². The van der Waals surface area contributed by atoms with Crippen LogP contribution in [0.5, 0.6) is 0 Å². The molecular weight excluding hydrogens is 340 g/mol. The molecule has 0 unspecified atom stereocenters. The van der Waals surface area contributed by atoms with Gasteiger partial charge in [-0.05, 0) is 11.0 Å². The van der Waals surface area contributed by atoms with Crippen LogP contribution in [0.4, 0.5) is 5.82 Å². The Morgan fingerprint density at radius 2 is 1.89 bits per heavy atom. The van der Waals surface area contributed by atoms with Gasteiger partial charge in [0, 0.05) is 32.1 Å². The molecule has 2 aliphatic heterocycles. The number of amides is 1.